The van der Waals surface area contributed by atoms with Crippen LogP contribution < -0.4 is 4.74 Å². The number of rotatable bonds is 6. The molecule has 1 atom stereocenters. The van der Waals surface area contributed by atoms with Crippen LogP contribution in [-0.4, -0.2) is 58.1 Å². The molecule has 1 aromatic carbocycles. The van der Waals surface area contributed by atoms with Crippen LogP contribution in [0.4, 0.5) is 0 Å². The lowest BCUT2D eigenvalue weighted by atomic mass is 10.1. The van der Waals surface area contributed by atoms with E-state index in [1.807, 2.05) is 26.1 Å². The van der Waals surface area contributed by atoms with Gasteiger partial charge < -0.3 is 14.7 Å². The Balaban J connectivity index is 1.78. The van der Waals surface area contributed by atoms with E-state index in [0.717, 1.165) is 29.9 Å². The molecular formula is C16H24ClNO3S. The third-order valence-electron chi connectivity index (χ3n) is 4.00. The summed E-state index contributed by atoms with van der Waals surface area (Å²) in [6.07, 6.45) is 1.29. The maximum absolute atomic E-state index is 11.4. The van der Waals surface area contributed by atoms with Gasteiger partial charge in [0.25, 0.3) is 0 Å². The Morgan fingerprint density at radius 1 is 1.45 bits per heavy atom. The van der Waals surface area contributed by atoms with E-state index in [-0.39, 0.29) is 6.61 Å². The molecule has 1 fully saturated rings. The Morgan fingerprint density at radius 3 is 2.82 bits per heavy atom. The molecule has 1 unspecified atom stereocenters. The molecule has 6 heteroatoms. The molecule has 4 nitrogen and oxygen atoms in total. The maximum Gasteiger partial charge on any atom is 0.138 e. The van der Waals surface area contributed by atoms with Crippen LogP contribution >= 0.6 is 11.6 Å². The molecule has 1 N–H and O–H groups in total. The van der Waals surface area contributed by atoms with Crippen LogP contribution in [0, 0.1) is 6.92 Å². The van der Waals surface area contributed by atoms with E-state index in [1.165, 1.54) is 0 Å². The van der Waals surface area contributed by atoms with Gasteiger partial charge in [-0.25, -0.2) is 0 Å². The van der Waals surface area contributed by atoms with Gasteiger partial charge in [0.1, 0.15) is 18.5 Å². The molecule has 2 rings (SSSR count). The third-order valence-corrected chi connectivity index (χ3v) is 5.69. The van der Waals surface area contributed by atoms with Gasteiger partial charge in [-0.3, -0.25) is 4.21 Å². The van der Waals surface area contributed by atoms with Crippen molar-refractivity contribution in [3.05, 3.63) is 28.8 Å². The summed E-state index contributed by atoms with van der Waals surface area (Å²) in [5.41, 5.74) is 1.07. The number of hydrogen-bond donors (Lipinski definition) is 1. The number of likely N-dealkylation sites (N-methyl/N-ethyl adjacent to an activating group) is 1. The summed E-state index contributed by atoms with van der Waals surface area (Å²) in [6, 6.07) is 5.99. The first-order chi connectivity index (χ1) is 10.5. The van der Waals surface area contributed by atoms with Crippen molar-refractivity contribution in [3.63, 3.8) is 0 Å². The van der Waals surface area contributed by atoms with E-state index in [4.69, 9.17) is 16.3 Å². The van der Waals surface area contributed by atoms with Gasteiger partial charge in [0.05, 0.1) is 5.02 Å². The van der Waals surface area contributed by atoms with Gasteiger partial charge in [-0.05, 0) is 44.5 Å². The summed E-state index contributed by atoms with van der Waals surface area (Å²) in [6.45, 7) is 2.73. The van der Waals surface area contributed by atoms with Crippen LogP contribution in [-0.2, 0) is 10.8 Å². The molecule has 1 aliphatic heterocycles. The summed E-state index contributed by atoms with van der Waals surface area (Å²) in [7, 11) is 1.35. The lowest BCUT2D eigenvalue weighted by molar-refractivity contribution is 0.0614. The molecule has 0 amide bonds. The molecule has 1 aliphatic rings. The van der Waals surface area contributed by atoms with Gasteiger partial charge in [-0.2, -0.15) is 0 Å². The van der Waals surface area contributed by atoms with E-state index in [0.29, 0.717) is 23.4 Å². The third kappa shape index (κ3) is 5.23. The summed E-state index contributed by atoms with van der Waals surface area (Å²) >= 11 is 6.07. The molecule has 0 bridgehead atoms. The van der Waals surface area contributed by atoms with E-state index < -0.39 is 16.9 Å². The van der Waals surface area contributed by atoms with Crippen molar-refractivity contribution in [3.8, 4) is 5.75 Å². The highest BCUT2D eigenvalue weighted by Gasteiger charge is 2.23. The molecule has 1 aromatic rings. The lowest BCUT2D eigenvalue weighted by Crippen LogP contribution is -2.42. The molecule has 1 heterocycles. The minimum absolute atomic E-state index is 0.214. The Kier molecular flexibility index (Phi) is 6.68. The van der Waals surface area contributed by atoms with Crippen molar-refractivity contribution < 1.29 is 14.1 Å². The average Bonchev–Trinajstić information content (AvgIpc) is 2.49. The number of hydrogen-bond acceptors (Lipinski definition) is 4. The van der Waals surface area contributed by atoms with Gasteiger partial charge in [0.15, 0.2) is 0 Å². The number of halogens is 1. The second-order valence-electron chi connectivity index (χ2n) is 5.92. The number of aryl methyl sites for hydroxylation is 1. The predicted octanol–water partition coefficient (Wildman–Crippen LogP) is 2.23. The predicted molar refractivity (Wildman–Crippen MR) is 91.2 cm³/mol. The van der Waals surface area contributed by atoms with Crippen LogP contribution in [0.25, 0.3) is 0 Å². The van der Waals surface area contributed by atoms with Crippen molar-refractivity contribution in [1.29, 1.82) is 0 Å². The molecule has 0 aliphatic carbocycles. The number of nitrogens with zero attached hydrogens (tertiary/aromatic N) is 1. The zero-order chi connectivity index (χ0) is 16.1. The van der Waals surface area contributed by atoms with Crippen LogP contribution in [0.15, 0.2) is 18.2 Å². The fraction of sp³-hybridized carbons (Fsp3) is 0.625. The first kappa shape index (κ1) is 17.7. The van der Waals surface area contributed by atoms with Crippen molar-refractivity contribution in [2.45, 2.75) is 31.9 Å². The van der Waals surface area contributed by atoms with Crippen LogP contribution in [0.3, 0.4) is 0 Å². The minimum Gasteiger partial charge on any atom is -0.489 e. The van der Waals surface area contributed by atoms with Gasteiger partial charge in [0, 0.05) is 34.9 Å². The molecule has 22 heavy (non-hydrogen) atoms. The summed E-state index contributed by atoms with van der Waals surface area (Å²) < 4.78 is 17.0. The van der Waals surface area contributed by atoms with Gasteiger partial charge in [-0.15, -0.1) is 0 Å². The molecule has 124 valence electrons. The Bertz CT molecular complexity index is 516. The highest BCUT2D eigenvalue weighted by Crippen LogP contribution is 2.25. The van der Waals surface area contributed by atoms with E-state index in [1.54, 1.807) is 6.07 Å². The van der Waals surface area contributed by atoms with Crippen molar-refractivity contribution in [2.75, 3.05) is 31.7 Å². The quantitative estimate of drug-likeness (QED) is 0.859. The lowest BCUT2D eigenvalue weighted by Gasteiger charge is -2.32. The van der Waals surface area contributed by atoms with Gasteiger partial charge in [-0.1, -0.05) is 17.7 Å². The van der Waals surface area contributed by atoms with Crippen LogP contribution in [0.5, 0.6) is 5.75 Å². The summed E-state index contributed by atoms with van der Waals surface area (Å²) in [5, 5.41) is 10.7. The Labute approximate surface area is 139 Å². The first-order valence-electron chi connectivity index (χ1n) is 7.58. The summed E-state index contributed by atoms with van der Waals surface area (Å²) in [4.78, 5) is 2.14. The summed E-state index contributed by atoms with van der Waals surface area (Å²) in [5.74, 6) is 2.14. The zero-order valence-electron chi connectivity index (χ0n) is 13.1. The fourth-order valence-corrected chi connectivity index (χ4v) is 4.11. The van der Waals surface area contributed by atoms with E-state index >= 15 is 0 Å². The molecule has 1 saturated heterocycles. The molecule has 0 radical (unpaired) electrons. The van der Waals surface area contributed by atoms with E-state index in [9.17, 15) is 9.32 Å². The highest BCUT2D eigenvalue weighted by atomic mass is 35.5. The zero-order valence-corrected chi connectivity index (χ0v) is 14.7. The van der Waals surface area contributed by atoms with Crippen molar-refractivity contribution in [2.24, 2.45) is 0 Å². The number of ether oxygens (including phenoxy) is 1. The largest absolute Gasteiger partial charge is 0.489 e. The Hall–Kier alpha value is -0.620. The van der Waals surface area contributed by atoms with Gasteiger partial charge in [0.2, 0.25) is 0 Å². The smallest absolute Gasteiger partial charge is 0.138 e. The molecule has 0 spiro atoms. The Morgan fingerprint density at radius 2 is 2.14 bits per heavy atom. The number of benzene rings is 1. The SMILES string of the molecule is Cc1ccc(Cl)c(OCC(O)CN(C)C2CCS(=O)CC2)c1. The molecular weight excluding hydrogens is 322 g/mol. The van der Waals surface area contributed by atoms with Crippen molar-refractivity contribution >= 4 is 22.4 Å². The molecule has 0 saturated carbocycles. The topological polar surface area (TPSA) is 49.8 Å². The van der Waals surface area contributed by atoms with Crippen molar-refractivity contribution in [1.82, 2.24) is 4.90 Å². The second-order valence-corrected chi connectivity index (χ2v) is 8.02. The average molecular weight is 346 g/mol. The fourth-order valence-electron chi connectivity index (χ4n) is 2.66. The number of aliphatic hydroxyl groups excluding tert-OH is 1. The standard InChI is InChI=1S/C16H24ClNO3S/c1-12-3-4-15(17)16(9-12)21-11-14(19)10-18(2)13-5-7-22(20)8-6-13/h3-4,9,13-14,19H,5-8,10-11H2,1-2H3. The maximum atomic E-state index is 11.4. The second kappa shape index (κ2) is 8.29. The van der Waals surface area contributed by atoms with E-state index in [2.05, 4.69) is 4.90 Å². The van der Waals surface area contributed by atoms with Crippen LogP contribution in [0.2, 0.25) is 5.02 Å². The molecule has 0 aromatic heterocycles. The highest BCUT2D eigenvalue weighted by molar-refractivity contribution is 7.85. The van der Waals surface area contributed by atoms with Gasteiger partial charge >= 0.3 is 0 Å². The van der Waals surface area contributed by atoms with Crippen LogP contribution in [0.1, 0.15) is 18.4 Å². The minimum atomic E-state index is -0.652. The first-order valence-corrected chi connectivity index (χ1v) is 9.44. The monoisotopic (exact) mass is 345 g/mol. The number of aliphatic hydroxyl groups is 1. The normalized spacial score (nSPS) is 23.5.